The molecular weight excluding hydrogens is 862 g/mol. The fourth-order valence-electron chi connectivity index (χ4n) is 8.09. The van der Waals surface area contributed by atoms with Gasteiger partial charge >= 0.3 is 0 Å². The van der Waals surface area contributed by atoms with Gasteiger partial charge in [0.1, 0.15) is 47.5 Å². The van der Waals surface area contributed by atoms with Gasteiger partial charge in [-0.05, 0) is 80.8 Å². The van der Waals surface area contributed by atoms with Crippen LogP contribution in [0, 0.1) is 11.3 Å². The molecule has 4 aromatic carbocycles. The number of hydrogen-bond donors (Lipinski definition) is 1. The van der Waals surface area contributed by atoms with Crippen LogP contribution in [-0.2, 0) is 33.7 Å². The summed E-state index contributed by atoms with van der Waals surface area (Å²) in [5.41, 5.74) is 2.06. The minimum atomic E-state index is -1.78. The quantitative estimate of drug-likeness (QED) is 0.0390. The maximum Gasteiger partial charge on any atom is 0.263 e. The van der Waals surface area contributed by atoms with Crippen molar-refractivity contribution in [3.8, 4) is 23.3 Å². The summed E-state index contributed by atoms with van der Waals surface area (Å²) in [7, 11) is 3.07. The number of methoxy groups -OCH3 is 3. The van der Waals surface area contributed by atoms with Crippen molar-refractivity contribution in [2.45, 2.75) is 76.3 Å². The average molecular weight is 918 g/mol. The van der Waals surface area contributed by atoms with E-state index in [1.807, 2.05) is 97.1 Å². The van der Waals surface area contributed by atoms with E-state index in [0.29, 0.717) is 28.4 Å². The van der Waals surface area contributed by atoms with Crippen LogP contribution in [0.2, 0.25) is 0 Å². The van der Waals surface area contributed by atoms with Crippen molar-refractivity contribution in [2.75, 3.05) is 46.5 Å². The largest absolute Gasteiger partial charge is 0.497 e. The molecule has 1 amide bonds. The van der Waals surface area contributed by atoms with Crippen LogP contribution in [0.15, 0.2) is 122 Å². The summed E-state index contributed by atoms with van der Waals surface area (Å²) in [5.74, 6) is 1.72. The van der Waals surface area contributed by atoms with E-state index >= 15 is 0 Å². The van der Waals surface area contributed by atoms with Crippen LogP contribution in [-0.4, -0.2) is 102 Å². The molecule has 1 aliphatic heterocycles. The van der Waals surface area contributed by atoms with Gasteiger partial charge in [-0.2, -0.15) is 5.26 Å². The van der Waals surface area contributed by atoms with Gasteiger partial charge in [0.25, 0.3) is 14.4 Å². The molecule has 2 aromatic heterocycles. The molecule has 6 aromatic rings. The molecule has 0 aliphatic carbocycles. The van der Waals surface area contributed by atoms with Crippen LogP contribution < -0.4 is 19.5 Å². The molecule has 1 unspecified atom stereocenters. The van der Waals surface area contributed by atoms with Crippen LogP contribution >= 0.6 is 8.53 Å². The van der Waals surface area contributed by atoms with Gasteiger partial charge in [-0.1, -0.05) is 72.8 Å². The number of anilines is 1. The van der Waals surface area contributed by atoms with Crippen LogP contribution in [0.3, 0.4) is 0 Å². The molecule has 17 heteroatoms. The summed E-state index contributed by atoms with van der Waals surface area (Å²) in [6.07, 6.45) is -0.131. The van der Waals surface area contributed by atoms with E-state index in [9.17, 15) is 10.1 Å². The Bertz CT molecular complexity index is 2450. The van der Waals surface area contributed by atoms with E-state index in [1.165, 1.54) is 6.33 Å². The number of para-hydroxylation sites is 1. The Labute approximate surface area is 386 Å². The number of aromatic nitrogens is 4. The summed E-state index contributed by atoms with van der Waals surface area (Å²) >= 11 is 0. The lowest BCUT2D eigenvalue weighted by Crippen LogP contribution is -2.42. The van der Waals surface area contributed by atoms with Gasteiger partial charge in [0.15, 0.2) is 29.8 Å². The maximum absolute atomic E-state index is 13.1. The number of nitriles is 1. The summed E-state index contributed by atoms with van der Waals surface area (Å²) < 4.78 is 55.1. The first kappa shape index (κ1) is 47.9. The molecule has 0 bridgehead atoms. The standard InChI is InChI=1S/C49H56N7O9P/c1-33(2)56(34(3)4)66(63-28-14-27-50)65-44-41(29-62-49(35-15-10-8-11-16-35,36-19-23-38(58-5)24-20-36)37-21-25-39(59-6)26-22-37)64-48(45(44)60-7)55-32-53-43-46(51-31-52-47(43)55)54-42(57)30-61-40-17-12-9-13-18-40/h8-13,15-26,31-34,41,44-45,48H,14,28-30H2,1-7H3,(H,51,52,54,57)/t41-,44-,45-,48-,66?/m1/s1. The zero-order valence-electron chi connectivity index (χ0n) is 38.1. The number of fused-ring (bicyclic) bond motifs is 1. The topological polar surface area (TPSA) is 174 Å². The van der Waals surface area contributed by atoms with E-state index < -0.39 is 44.6 Å². The highest BCUT2D eigenvalue weighted by Crippen LogP contribution is 2.51. The number of carbonyl (C=O) groups excluding carboxylic acids is 1. The van der Waals surface area contributed by atoms with E-state index in [2.05, 4.69) is 58.7 Å². The molecular formula is C49H56N7O9P. The minimum absolute atomic E-state index is 0.0109. The Morgan fingerprint density at radius 3 is 2.00 bits per heavy atom. The fourth-order valence-corrected chi connectivity index (χ4v) is 9.86. The predicted molar refractivity (Wildman–Crippen MR) is 249 cm³/mol. The second-order valence-electron chi connectivity index (χ2n) is 15.9. The number of nitrogens with one attached hydrogen (secondary N) is 1. The van der Waals surface area contributed by atoms with Crippen LogP contribution in [0.4, 0.5) is 5.82 Å². The van der Waals surface area contributed by atoms with Gasteiger partial charge in [-0.3, -0.25) is 9.36 Å². The van der Waals surface area contributed by atoms with Crippen molar-refractivity contribution in [3.63, 3.8) is 0 Å². The normalized spacial score (nSPS) is 17.8. The van der Waals surface area contributed by atoms with E-state index in [4.69, 9.17) is 37.5 Å². The number of nitrogens with zero attached hydrogens (tertiary/aromatic N) is 6. The Kier molecular flexibility index (Phi) is 16.3. The lowest BCUT2D eigenvalue weighted by Gasteiger charge is -2.39. The lowest BCUT2D eigenvalue weighted by molar-refractivity contribution is -0.118. The van der Waals surface area contributed by atoms with Crippen molar-refractivity contribution in [1.29, 1.82) is 5.26 Å². The van der Waals surface area contributed by atoms with Crippen LogP contribution in [0.1, 0.15) is 57.0 Å². The third-order valence-electron chi connectivity index (χ3n) is 11.1. The molecule has 1 saturated heterocycles. The lowest BCUT2D eigenvalue weighted by atomic mass is 9.80. The third-order valence-corrected chi connectivity index (χ3v) is 13.2. The fraction of sp³-hybridized carbons (Fsp3) is 0.367. The first-order valence-electron chi connectivity index (χ1n) is 21.7. The first-order chi connectivity index (χ1) is 32.1. The first-order valence-corrected chi connectivity index (χ1v) is 22.8. The highest BCUT2D eigenvalue weighted by atomic mass is 31.2. The summed E-state index contributed by atoms with van der Waals surface area (Å²) in [6, 6.07) is 36.9. The Morgan fingerprint density at radius 1 is 0.818 bits per heavy atom. The number of amides is 1. The van der Waals surface area contributed by atoms with Crippen molar-refractivity contribution < 1.29 is 42.3 Å². The van der Waals surface area contributed by atoms with Gasteiger partial charge in [-0.25, -0.2) is 19.6 Å². The SMILES string of the molecule is COc1ccc(C(OC[C@H]2O[C@@H](n3cnc4c(NC(=O)COc5ccccc5)ncnc43)[C@H](OC)[C@@H]2OP(OCCC#N)N(C(C)C)C(C)C)(c2ccccc2)c2ccc(OC)cc2)cc1. The summed E-state index contributed by atoms with van der Waals surface area (Å²) in [4.78, 5) is 26.7. The molecule has 1 aliphatic rings. The molecule has 66 heavy (non-hydrogen) atoms. The van der Waals surface area contributed by atoms with Gasteiger partial charge in [0, 0.05) is 19.2 Å². The van der Waals surface area contributed by atoms with Gasteiger partial charge in [0.2, 0.25) is 0 Å². The van der Waals surface area contributed by atoms with Crippen molar-refractivity contribution in [1.82, 2.24) is 24.2 Å². The molecule has 16 nitrogen and oxygen atoms in total. The second kappa shape index (κ2) is 22.4. The Hall–Kier alpha value is -6.02. The molecule has 1 N–H and O–H groups in total. The minimum Gasteiger partial charge on any atom is -0.497 e. The number of hydrogen-bond acceptors (Lipinski definition) is 14. The molecule has 0 saturated carbocycles. The van der Waals surface area contributed by atoms with Crippen LogP contribution in [0.5, 0.6) is 17.2 Å². The van der Waals surface area contributed by atoms with E-state index in [0.717, 1.165) is 16.7 Å². The second-order valence-corrected chi connectivity index (χ2v) is 17.3. The molecule has 3 heterocycles. The van der Waals surface area contributed by atoms with Gasteiger partial charge in [-0.15, -0.1) is 0 Å². The number of imidazole rings is 1. The van der Waals surface area contributed by atoms with Crippen LogP contribution in [0.25, 0.3) is 11.2 Å². The monoisotopic (exact) mass is 917 g/mol. The smallest absolute Gasteiger partial charge is 0.263 e. The number of benzene rings is 4. The Balaban J connectivity index is 1.29. The molecule has 0 spiro atoms. The predicted octanol–water partition coefficient (Wildman–Crippen LogP) is 8.44. The molecule has 346 valence electrons. The molecule has 1 fully saturated rings. The molecule has 0 radical (unpaired) electrons. The van der Waals surface area contributed by atoms with E-state index in [-0.39, 0.29) is 44.1 Å². The van der Waals surface area contributed by atoms with Crippen molar-refractivity contribution >= 4 is 31.4 Å². The molecule has 7 rings (SSSR count). The zero-order valence-corrected chi connectivity index (χ0v) is 39.0. The highest BCUT2D eigenvalue weighted by Gasteiger charge is 2.51. The third kappa shape index (κ3) is 10.6. The average Bonchev–Trinajstić information content (AvgIpc) is 3.93. The maximum atomic E-state index is 13.1. The highest BCUT2D eigenvalue weighted by molar-refractivity contribution is 7.44. The summed E-state index contributed by atoms with van der Waals surface area (Å²) in [6.45, 7) is 8.22. The number of rotatable bonds is 22. The molecule has 5 atom stereocenters. The zero-order chi connectivity index (χ0) is 46.6. The number of carbonyl (C=O) groups is 1. The summed E-state index contributed by atoms with van der Waals surface area (Å²) in [5, 5.41) is 12.3. The van der Waals surface area contributed by atoms with Gasteiger partial charge in [0.05, 0.1) is 46.3 Å². The number of ether oxygens (including phenoxy) is 6. The Morgan fingerprint density at radius 2 is 1.42 bits per heavy atom. The van der Waals surface area contributed by atoms with E-state index in [1.54, 1.807) is 44.4 Å². The van der Waals surface area contributed by atoms with Crippen molar-refractivity contribution in [3.05, 3.63) is 139 Å². The van der Waals surface area contributed by atoms with Crippen molar-refractivity contribution in [2.24, 2.45) is 0 Å². The van der Waals surface area contributed by atoms with Gasteiger partial charge < -0.3 is 42.8 Å².